The summed E-state index contributed by atoms with van der Waals surface area (Å²) in [5, 5.41) is 1.90. The van der Waals surface area contributed by atoms with E-state index >= 15 is 0 Å². The minimum atomic E-state index is -0.164. The average Bonchev–Trinajstić information content (AvgIpc) is 3.35. The SMILES string of the molecule is Cc1ccc(-c2c([C@H]3c4ccccc4C(=O)N3CCc3ccc(Cl)cc3)c3ccccc3n2C)cc1. The molecule has 4 heteroatoms. The van der Waals surface area contributed by atoms with Gasteiger partial charge in [-0.25, -0.2) is 0 Å². The quantitative estimate of drug-likeness (QED) is 0.249. The molecule has 0 unspecified atom stereocenters. The minimum Gasteiger partial charge on any atom is -0.343 e. The lowest BCUT2D eigenvalue weighted by atomic mass is 9.93. The predicted octanol–water partition coefficient (Wildman–Crippen LogP) is 7.60. The Balaban J connectivity index is 1.54. The Bertz CT molecular complexity index is 1580. The van der Waals surface area contributed by atoms with Gasteiger partial charge in [0.2, 0.25) is 0 Å². The largest absolute Gasteiger partial charge is 0.343 e. The van der Waals surface area contributed by atoms with Gasteiger partial charge in [0, 0.05) is 40.6 Å². The van der Waals surface area contributed by atoms with E-state index < -0.39 is 0 Å². The van der Waals surface area contributed by atoms with Crippen LogP contribution in [-0.4, -0.2) is 21.9 Å². The molecule has 0 fully saturated rings. The Kier molecular flexibility index (Phi) is 5.66. The van der Waals surface area contributed by atoms with Crippen molar-refractivity contribution in [3.63, 3.8) is 0 Å². The van der Waals surface area contributed by atoms with Crippen LogP contribution in [0.1, 0.15) is 38.7 Å². The van der Waals surface area contributed by atoms with E-state index in [9.17, 15) is 4.79 Å². The van der Waals surface area contributed by atoms with Crippen LogP contribution in [0.2, 0.25) is 5.02 Å². The molecule has 5 aromatic rings. The van der Waals surface area contributed by atoms with Gasteiger partial charge in [0.25, 0.3) is 5.91 Å². The van der Waals surface area contributed by atoms with Crippen LogP contribution in [0.15, 0.2) is 97.1 Å². The molecule has 178 valence electrons. The first-order chi connectivity index (χ1) is 17.5. The van der Waals surface area contributed by atoms with Crippen LogP contribution in [-0.2, 0) is 13.5 Å². The van der Waals surface area contributed by atoms with Gasteiger partial charge in [0.1, 0.15) is 0 Å². The van der Waals surface area contributed by atoms with Gasteiger partial charge in [-0.15, -0.1) is 0 Å². The van der Waals surface area contributed by atoms with E-state index in [1.807, 2.05) is 42.5 Å². The number of aryl methyl sites for hydroxylation is 2. The lowest BCUT2D eigenvalue weighted by Crippen LogP contribution is -2.31. The standard InChI is InChI=1S/C32H27ClN2O/c1-21-11-15-23(16-12-21)30-29(27-9-5-6-10-28(27)34(30)2)31-25-7-3-4-8-26(25)32(36)35(31)20-19-22-13-17-24(33)18-14-22/h3-18,31H,19-20H2,1-2H3/t31-/m1/s1. The van der Waals surface area contributed by atoms with E-state index in [4.69, 9.17) is 11.6 Å². The van der Waals surface area contributed by atoms with Crippen LogP contribution in [0, 0.1) is 6.92 Å². The van der Waals surface area contributed by atoms with Gasteiger partial charge >= 0.3 is 0 Å². The Morgan fingerprint density at radius 3 is 2.31 bits per heavy atom. The van der Waals surface area contributed by atoms with Crippen LogP contribution in [0.3, 0.4) is 0 Å². The van der Waals surface area contributed by atoms with E-state index in [0.717, 1.165) is 39.3 Å². The Labute approximate surface area is 216 Å². The van der Waals surface area contributed by atoms with Crippen molar-refractivity contribution in [1.82, 2.24) is 9.47 Å². The highest BCUT2D eigenvalue weighted by Gasteiger charge is 2.40. The van der Waals surface area contributed by atoms with E-state index in [-0.39, 0.29) is 11.9 Å². The summed E-state index contributed by atoms with van der Waals surface area (Å²) in [6, 6.07) is 33.0. The molecule has 1 aromatic heterocycles. The van der Waals surface area contributed by atoms with Crippen LogP contribution in [0.4, 0.5) is 0 Å². The summed E-state index contributed by atoms with van der Waals surface area (Å²) in [6.07, 6.45) is 0.762. The number of hydrogen-bond donors (Lipinski definition) is 0. The molecule has 0 saturated heterocycles. The lowest BCUT2D eigenvalue weighted by molar-refractivity contribution is 0.0753. The smallest absolute Gasteiger partial charge is 0.255 e. The predicted molar refractivity (Wildman–Crippen MR) is 148 cm³/mol. The summed E-state index contributed by atoms with van der Waals surface area (Å²) in [4.78, 5) is 15.8. The zero-order chi connectivity index (χ0) is 24.8. The number of nitrogens with zero attached hydrogens (tertiary/aromatic N) is 2. The molecule has 0 spiro atoms. The van der Waals surface area contributed by atoms with Gasteiger partial charge in [-0.1, -0.05) is 90.0 Å². The molecule has 0 saturated carbocycles. The number of halogens is 1. The van der Waals surface area contributed by atoms with Crippen molar-refractivity contribution in [2.24, 2.45) is 7.05 Å². The third-order valence-electron chi connectivity index (χ3n) is 7.36. The topological polar surface area (TPSA) is 25.2 Å². The van der Waals surface area contributed by atoms with E-state index in [2.05, 4.69) is 78.0 Å². The molecule has 3 nitrogen and oxygen atoms in total. The number of carbonyl (C=O) groups is 1. The van der Waals surface area contributed by atoms with Crippen LogP contribution < -0.4 is 0 Å². The lowest BCUT2D eigenvalue weighted by Gasteiger charge is -2.27. The van der Waals surface area contributed by atoms with Crippen molar-refractivity contribution in [1.29, 1.82) is 0 Å². The molecule has 4 aromatic carbocycles. The summed E-state index contributed by atoms with van der Waals surface area (Å²) in [6.45, 7) is 2.73. The third-order valence-corrected chi connectivity index (χ3v) is 7.61. The van der Waals surface area contributed by atoms with Gasteiger partial charge < -0.3 is 9.47 Å². The number of carbonyl (C=O) groups excluding carboxylic acids is 1. The number of aromatic nitrogens is 1. The maximum absolute atomic E-state index is 13.8. The third kappa shape index (κ3) is 3.71. The molecule has 0 N–H and O–H groups in total. The van der Waals surface area contributed by atoms with Crippen molar-refractivity contribution in [3.8, 4) is 11.3 Å². The Hall–Kier alpha value is -3.82. The summed E-state index contributed by atoms with van der Waals surface area (Å²) in [7, 11) is 2.13. The molecule has 6 rings (SSSR count). The number of amides is 1. The van der Waals surface area contributed by atoms with E-state index in [1.165, 1.54) is 22.1 Å². The Morgan fingerprint density at radius 2 is 1.53 bits per heavy atom. The summed E-state index contributed by atoms with van der Waals surface area (Å²) >= 11 is 6.10. The summed E-state index contributed by atoms with van der Waals surface area (Å²) < 4.78 is 2.28. The highest BCUT2D eigenvalue weighted by atomic mass is 35.5. The molecule has 36 heavy (non-hydrogen) atoms. The number of rotatable bonds is 5. The molecule has 1 amide bonds. The zero-order valence-corrected chi connectivity index (χ0v) is 21.2. The zero-order valence-electron chi connectivity index (χ0n) is 20.4. The molecular formula is C32H27ClN2O. The Morgan fingerprint density at radius 1 is 0.833 bits per heavy atom. The van der Waals surface area contributed by atoms with Crippen molar-refractivity contribution in [3.05, 3.63) is 130 Å². The fourth-order valence-electron chi connectivity index (χ4n) is 5.57. The fraction of sp³-hybridized carbons (Fsp3) is 0.156. The average molecular weight is 491 g/mol. The number of benzene rings is 4. The maximum Gasteiger partial charge on any atom is 0.255 e. The second-order valence-corrected chi connectivity index (χ2v) is 10.0. The minimum absolute atomic E-state index is 0.0901. The summed E-state index contributed by atoms with van der Waals surface area (Å²) in [5.74, 6) is 0.0901. The van der Waals surface area contributed by atoms with Crippen LogP contribution in [0.5, 0.6) is 0 Å². The number of para-hydroxylation sites is 1. The molecular weight excluding hydrogens is 464 g/mol. The number of fused-ring (bicyclic) bond motifs is 2. The molecule has 1 aliphatic heterocycles. The molecule has 0 bridgehead atoms. The second kappa shape index (κ2) is 9.00. The molecule has 0 aliphatic carbocycles. The van der Waals surface area contributed by atoms with Gasteiger partial charge in [-0.3, -0.25) is 4.79 Å². The molecule has 0 radical (unpaired) electrons. The first-order valence-corrected chi connectivity index (χ1v) is 12.7. The van der Waals surface area contributed by atoms with Crippen molar-refractivity contribution in [2.45, 2.75) is 19.4 Å². The molecule has 1 atom stereocenters. The van der Waals surface area contributed by atoms with Crippen molar-refractivity contribution < 1.29 is 4.79 Å². The highest BCUT2D eigenvalue weighted by molar-refractivity contribution is 6.30. The van der Waals surface area contributed by atoms with Gasteiger partial charge in [0.05, 0.1) is 11.7 Å². The fourth-order valence-corrected chi connectivity index (χ4v) is 5.70. The van der Waals surface area contributed by atoms with E-state index in [0.29, 0.717) is 6.54 Å². The maximum atomic E-state index is 13.8. The normalized spacial score (nSPS) is 15.0. The first-order valence-electron chi connectivity index (χ1n) is 12.3. The van der Waals surface area contributed by atoms with Crippen LogP contribution >= 0.6 is 11.6 Å². The highest BCUT2D eigenvalue weighted by Crippen LogP contribution is 2.46. The molecule has 1 aliphatic rings. The van der Waals surface area contributed by atoms with Gasteiger partial charge in [0.15, 0.2) is 0 Å². The van der Waals surface area contributed by atoms with Gasteiger partial charge in [-0.2, -0.15) is 0 Å². The van der Waals surface area contributed by atoms with Crippen molar-refractivity contribution in [2.75, 3.05) is 6.54 Å². The number of hydrogen-bond acceptors (Lipinski definition) is 1. The van der Waals surface area contributed by atoms with Crippen molar-refractivity contribution >= 4 is 28.4 Å². The van der Waals surface area contributed by atoms with E-state index in [1.54, 1.807) is 0 Å². The monoisotopic (exact) mass is 490 g/mol. The van der Waals surface area contributed by atoms with Crippen LogP contribution in [0.25, 0.3) is 22.2 Å². The van der Waals surface area contributed by atoms with Gasteiger partial charge in [-0.05, 0) is 54.3 Å². The summed E-state index contributed by atoms with van der Waals surface area (Å²) in [5.41, 5.74) is 8.92. The second-order valence-electron chi connectivity index (χ2n) is 9.57. The molecule has 2 heterocycles. The first kappa shape index (κ1) is 22.6.